The number of piperazine rings is 1. The standard InChI is InChI=1S/C16H32N2O/c1-4-17-7-9-18(10-8-17)12-15-11-14(13(2)3)5-6-16(15)19/h13-16,19H,4-12H2,1-3H3. The minimum atomic E-state index is -0.0563. The number of likely N-dealkylation sites (N-methyl/N-ethyl adjacent to an activating group) is 1. The van der Waals surface area contributed by atoms with Crippen molar-refractivity contribution in [3.8, 4) is 0 Å². The lowest BCUT2D eigenvalue weighted by Crippen LogP contribution is -2.49. The molecule has 0 bridgehead atoms. The number of rotatable bonds is 4. The summed E-state index contributed by atoms with van der Waals surface area (Å²) >= 11 is 0. The molecule has 0 aromatic carbocycles. The van der Waals surface area contributed by atoms with E-state index in [9.17, 15) is 5.11 Å². The van der Waals surface area contributed by atoms with Crippen LogP contribution in [0.5, 0.6) is 0 Å². The summed E-state index contributed by atoms with van der Waals surface area (Å²) in [6, 6.07) is 0. The van der Waals surface area contributed by atoms with Crippen molar-refractivity contribution in [1.82, 2.24) is 9.80 Å². The summed E-state index contributed by atoms with van der Waals surface area (Å²) in [6.07, 6.45) is 3.41. The van der Waals surface area contributed by atoms with Gasteiger partial charge in [-0.1, -0.05) is 20.8 Å². The summed E-state index contributed by atoms with van der Waals surface area (Å²) in [5.74, 6) is 2.10. The van der Waals surface area contributed by atoms with E-state index in [1.165, 1.54) is 45.6 Å². The topological polar surface area (TPSA) is 26.7 Å². The zero-order valence-electron chi connectivity index (χ0n) is 13.0. The Morgan fingerprint density at radius 2 is 1.68 bits per heavy atom. The van der Waals surface area contributed by atoms with Crippen molar-refractivity contribution in [2.24, 2.45) is 17.8 Å². The molecule has 0 spiro atoms. The van der Waals surface area contributed by atoms with Gasteiger partial charge in [0.25, 0.3) is 0 Å². The third kappa shape index (κ3) is 4.17. The molecule has 2 aliphatic rings. The summed E-state index contributed by atoms with van der Waals surface area (Å²) in [5, 5.41) is 10.3. The number of aliphatic hydroxyl groups excluding tert-OH is 1. The van der Waals surface area contributed by atoms with Crippen LogP contribution in [0, 0.1) is 17.8 Å². The third-order valence-corrected chi connectivity index (χ3v) is 5.33. The normalized spacial score (nSPS) is 34.9. The lowest BCUT2D eigenvalue weighted by molar-refractivity contribution is 0.00971. The van der Waals surface area contributed by atoms with E-state index < -0.39 is 0 Å². The first-order valence-electron chi connectivity index (χ1n) is 8.23. The fourth-order valence-electron chi connectivity index (χ4n) is 3.71. The Bertz CT molecular complexity index is 261. The van der Waals surface area contributed by atoms with Gasteiger partial charge in [0.1, 0.15) is 0 Å². The highest BCUT2D eigenvalue weighted by atomic mass is 16.3. The van der Waals surface area contributed by atoms with Gasteiger partial charge in [0, 0.05) is 32.7 Å². The van der Waals surface area contributed by atoms with Crippen molar-refractivity contribution in [1.29, 1.82) is 0 Å². The van der Waals surface area contributed by atoms with Gasteiger partial charge in [-0.05, 0) is 43.6 Å². The quantitative estimate of drug-likeness (QED) is 0.845. The number of hydrogen-bond donors (Lipinski definition) is 1. The molecule has 0 aromatic heterocycles. The average Bonchev–Trinajstić information content (AvgIpc) is 2.42. The van der Waals surface area contributed by atoms with Crippen LogP contribution in [0.3, 0.4) is 0 Å². The molecule has 19 heavy (non-hydrogen) atoms. The van der Waals surface area contributed by atoms with Gasteiger partial charge in [-0.3, -0.25) is 0 Å². The zero-order chi connectivity index (χ0) is 13.8. The Morgan fingerprint density at radius 1 is 1.05 bits per heavy atom. The van der Waals surface area contributed by atoms with Crippen LogP contribution in [0.1, 0.15) is 40.0 Å². The van der Waals surface area contributed by atoms with Crippen LogP contribution in [0.25, 0.3) is 0 Å². The smallest absolute Gasteiger partial charge is 0.0580 e. The Hall–Kier alpha value is -0.120. The Balaban J connectivity index is 1.80. The lowest BCUT2D eigenvalue weighted by atomic mass is 9.74. The molecule has 1 saturated heterocycles. The highest BCUT2D eigenvalue weighted by Crippen LogP contribution is 2.34. The fraction of sp³-hybridized carbons (Fsp3) is 1.00. The van der Waals surface area contributed by atoms with Gasteiger partial charge in [-0.15, -0.1) is 0 Å². The molecule has 0 amide bonds. The molecule has 2 fully saturated rings. The van der Waals surface area contributed by atoms with Gasteiger partial charge < -0.3 is 14.9 Å². The fourth-order valence-corrected chi connectivity index (χ4v) is 3.71. The minimum Gasteiger partial charge on any atom is -0.393 e. The number of nitrogens with zero attached hydrogens (tertiary/aromatic N) is 2. The highest BCUT2D eigenvalue weighted by molar-refractivity contribution is 4.84. The molecule has 1 saturated carbocycles. The zero-order valence-corrected chi connectivity index (χ0v) is 13.0. The number of hydrogen-bond acceptors (Lipinski definition) is 3. The van der Waals surface area contributed by atoms with Crippen molar-refractivity contribution in [2.75, 3.05) is 39.3 Å². The molecule has 1 heterocycles. The molecule has 3 heteroatoms. The first-order chi connectivity index (χ1) is 9.10. The van der Waals surface area contributed by atoms with E-state index in [0.717, 1.165) is 24.8 Å². The predicted octanol–water partition coefficient (Wildman–Crippen LogP) is 2.06. The Morgan fingerprint density at radius 3 is 2.26 bits per heavy atom. The largest absolute Gasteiger partial charge is 0.393 e. The highest BCUT2D eigenvalue weighted by Gasteiger charge is 2.32. The first kappa shape index (κ1) is 15.3. The van der Waals surface area contributed by atoms with Gasteiger partial charge >= 0.3 is 0 Å². The maximum Gasteiger partial charge on any atom is 0.0580 e. The van der Waals surface area contributed by atoms with Crippen LogP contribution in [0.2, 0.25) is 0 Å². The predicted molar refractivity (Wildman–Crippen MR) is 80.2 cm³/mol. The number of aliphatic hydroxyl groups is 1. The molecule has 3 unspecified atom stereocenters. The summed E-state index contributed by atoms with van der Waals surface area (Å²) in [7, 11) is 0. The van der Waals surface area contributed by atoms with Gasteiger partial charge in [-0.2, -0.15) is 0 Å². The second kappa shape index (κ2) is 7.05. The average molecular weight is 268 g/mol. The molecular formula is C16H32N2O. The lowest BCUT2D eigenvalue weighted by Gasteiger charge is -2.40. The SMILES string of the molecule is CCN1CCN(CC2CC(C(C)C)CCC2O)CC1. The molecule has 3 nitrogen and oxygen atoms in total. The van der Waals surface area contributed by atoms with Crippen molar-refractivity contribution in [3.63, 3.8) is 0 Å². The van der Waals surface area contributed by atoms with E-state index in [1.54, 1.807) is 0 Å². The van der Waals surface area contributed by atoms with Crippen LogP contribution in [-0.4, -0.2) is 60.3 Å². The summed E-state index contributed by atoms with van der Waals surface area (Å²) < 4.78 is 0. The maximum absolute atomic E-state index is 10.3. The van der Waals surface area contributed by atoms with Crippen molar-refractivity contribution < 1.29 is 5.11 Å². The monoisotopic (exact) mass is 268 g/mol. The van der Waals surface area contributed by atoms with E-state index in [4.69, 9.17) is 0 Å². The molecule has 2 rings (SSSR count). The second-order valence-electron chi connectivity index (χ2n) is 6.88. The molecule has 3 atom stereocenters. The van der Waals surface area contributed by atoms with E-state index in [2.05, 4.69) is 30.6 Å². The molecule has 1 N–H and O–H groups in total. The van der Waals surface area contributed by atoms with Crippen LogP contribution in [0.4, 0.5) is 0 Å². The van der Waals surface area contributed by atoms with Gasteiger partial charge in [0.15, 0.2) is 0 Å². The molecule has 0 aromatic rings. The van der Waals surface area contributed by atoms with E-state index in [0.29, 0.717) is 5.92 Å². The molecule has 1 aliphatic heterocycles. The molecular weight excluding hydrogens is 236 g/mol. The van der Waals surface area contributed by atoms with Crippen LogP contribution in [-0.2, 0) is 0 Å². The van der Waals surface area contributed by atoms with Crippen molar-refractivity contribution in [2.45, 2.75) is 46.1 Å². The summed E-state index contributed by atoms with van der Waals surface area (Å²) in [5.41, 5.74) is 0. The van der Waals surface area contributed by atoms with Crippen molar-refractivity contribution in [3.05, 3.63) is 0 Å². The first-order valence-corrected chi connectivity index (χ1v) is 8.23. The molecule has 0 radical (unpaired) electrons. The summed E-state index contributed by atoms with van der Waals surface area (Å²) in [6.45, 7) is 14.0. The third-order valence-electron chi connectivity index (χ3n) is 5.33. The van der Waals surface area contributed by atoms with Gasteiger partial charge in [0.05, 0.1) is 6.10 Å². The van der Waals surface area contributed by atoms with E-state index >= 15 is 0 Å². The van der Waals surface area contributed by atoms with Crippen LogP contribution >= 0.6 is 0 Å². The Kier molecular flexibility index (Phi) is 5.67. The van der Waals surface area contributed by atoms with E-state index in [1.807, 2.05) is 0 Å². The second-order valence-corrected chi connectivity index (χ2v) is 6.88. The van der Waals surface area contributed by atoms with Crippen LogP contribution < -0.4 is 0 Å². The molecule has 112 valence electrons. The Labute approximate surface area is 119 Å². The van der Waals surface area contributed by atoms with Crippen LogP contribution in [0.15, 0.2) is 0 Å². The van der Waals surface area contributed by atoms with Crippen molar-refractivity contribution >= 4 is 0 Å². The minimum absolute atomic E-state index is 0.0563. The maximum atomic E-state index is 10.3. The van der Waals surface area contributed by atoms with Gasteiger partial charge in [0.2, 0.25) is 0 Å². The van der Waals surface area contributed by atoms with E-state index in [-0.39, 0.29) is 6.10 Å². The van der Waals surface area contributed by atoms with Gasteiger partial charge in [-0.25, -0.2) is 0 Å². The molecule has 1 aliphatic carbocycles. The summed E-state index contributed by atoms with van der Waals surface area (Å²) in [4.78, 5) is 5.09.